The number of nitro benzene ring substituents is 1. The summed E-state index contributed by atoms with van der Waals surface area (Å²) in [6.07, 6.45) is 0. The fourth-order valence-electron chi connectivity index (χ4n) is 3.15. The number of non-ortho nitro benzene ring substituents is 1. The summed E-state index contributed by atoms with van der Waals surface area (Å²) in [6, 6.07) is 16.5. The number of nitro groups is 1. The number of benzene rings is 4. The number of rotatable bonds is 4. The molecule has 0 aliphatic rings. The van der Waals surface area contributed by atoms with Crippen molar-refractivity contribution < 1.29 is 23.0 Å². The Morgan fingerprint density at radius 1 is 0.833 bits per heavy atom. The second-order valence-electron chi connectivity index (χ2n) is 6.40. The van der Waals surface area contributed by atoms with Gasteiger partial charge in [0.15, 0.2) is 5.75 Å². The Bertz CT molecular complexity index is 1460. The van der Waals surface area contributed by atoms with Crippen LogP contribution in [0.1, 0.15) is 0 Å². The van der Waals surface area contributed by atoms with E-state index in [2.05, 4.69) is 10.2 Å². The lowest BCUT2D eigenvalue weighted by atomic mass is 10.1. The Hall–Kier alpha value is -3.89. The Labute approximate surface area is 169 Å². The first kappa shape index (κ1) is 19.4. The molecule has 0 saturated carbocycles. The summed E-state index contributed by atoms with van der Waals surface area (Å²) in [5, 5.41) is 31.3. The zero-order valence-electron chi connectivity index (χ0n) is 15.1. The van der Waals surface area contributed by atoms with E-state index in [0.29, 0.717) is 5.39 Å². The van der Waals surface area contributed by atoms with E-state index in [0.717, 1.165) is 17.5 Å². The number of hydrogen-bond donors (Lipinski definition) is 2. The average molecular weight is 423 g/mol. The second kappa shape index (κ2) is 7.17. The maximum absolute atomic E-state index is 11.7. The van der Waals surface area contributed by atoms with Crippen LogP contribution in [0.5, 0.6) is 5.75 Å². The number of hydrogen-bond acceptors (Lipinski definition) is 7. The molecule has 0 radical (unpaired) electrons. The molecule has 0 unspecified atom stereocenters. The lowest BCUT2D eigenvalue weighted by Crippen LogP contribution is -1.99. The van der Waals surface area contributed by atoms with Crippen molar-refractivity contribution in [3.05, 3.63) is 76.8 Å². The van der Waals surface area contributed by atoms with Gasteiger partial charge >= 0.3 is 0 Å². The van der Waals surface area contributed by atoms with Gasteiger partial charge in [0, 0.05) is 28.3 Å². The largest absolute Gasteiger partial charge is 0.505 e. The molecule has 10 heteroatoms. The molecule has 9 nitrogen and oxygen atoms in total. The normalized spacial score (nSPS) is 12.0. The summed E-state index contributed by atoms with van der Waals surface area (Å²) in [5.41, 5.74) is 0.0659. The molecule has 0 atom stereocenters. The number of phenolic OH excluding ortho intramolecular Hbond substituents is 1. The fourth-order valence-corrected chi connectivity index (χ4v) is 3.84. The van der Waals surface area contributed by atoms with Gasteiger partial charge in [-0.25, -0.2) is 0 Å². The molecule has 2 N–H and O–H groups in total. The highest BCUT2D eigenvalue weighted by Gasteiger charge is 2.19. The number of azo groups is 1. The van der Waals surface area contributed by atoms with E-state index in [9.17, 15) is 28.2 Å². The standard InChI is InChI=1S/C20H13N3O6S/c24-20-14-4-2-1-3-12(14)5-8-18(20)22-21-17-9-10-19(30(27,28)29)16-11-13(23(25)26)6-7-15(16)17/h1-11,24H,(H,27,28,29). The molecule has 4 aromatic rings. The van der Waals surface area contributed by atoms with E-state index < -0.39 is 19.9 Å². The molecule has 0 fully saturated rings. The zero-order valence-corrected chi connectivity index (χ0v) is 15.9. The second-order valence-corrected chi connectivity index (χ2v) is 7.79. The Morgan fingerprint density at radius 3 is 2.27 bits per heavy atom. The smallest absolute Gasteiger partial charge is 0.295 e. The van der Waals surface area contributed by atoms with Gasteiger partial charge in [-0.05, 0) is 29.7 Å². The van der Waals surface area contributed by atoms with Crippen LogP contribution in [0.15, 0.2) is 81.9 Å². The third-order valence-electron chi connectivity index (χ3n) is 4.57. The minimum absolute atomic E-state index is 0.0636. The summed E-state index contributed by atoms with van der Waals surface area (Å²) in [6.45, 7) is 0. The van der Waals surface area contributed by atoms with Crippen molar-refractivity contribution in [2.24, 2.45) is 10.2 Å². The van der Waals surface area contributed by atoms with Gasteiger partial charge in [-0.1, -0.05) is 30.3 Å². The van der Waals surface area contributed by atoms with Crippen molar-refractivity contribution >= 4 is 48.7 Å². The van der Waals surface area contributed by atoms with Crippen molar-refractivity contribution in [2.45, 2.75) is 4.90 Å². The molecular weight excluding hydrogens is 410 g/mol. The molecule has 0 amide bonds. The maximum Gasteiger partial charge on any atom is 0.295 e. The van der Waals surface area contributed by atoms with Gasteiger partial charge in [0.2, 0.25) is 0 Å². The molecule has 0 bridgehead atoms. The fraction of sp³-hybridized carbons (Fsp3) is 0. The predicted octanol–water partition coefficient (Wildman–Crippen LogP) is 5.27. The van der Waals surface area contributed by atoms with E-state index in [-0.39, 0.29) is 33.6 Å². The Morgan fingerprint density at radius 2 is 1.53 bits per heavy atom. The van der Waals surface area contributed by atoms with E-state index in [1.807, 2.05) is 12.1 Å². The summed E-state index contributed by atoms with van der Waals surface area (Å²) < 4.78 is 32.8. The molecule has 0 spiro atoms. The topological polar surface area (TPSA) is 142 Å². The van der Waals surface area contributed by atoms with Crippen LogP contribution in [0.3, 0.4) is 0 Å². The Balaban J connectivity index is 1.88. The summed E-state index contributed by atoms with van der Waals surface area (Å²) >= 11 is 0. The van der Waals surface area contributed by atoms with Crippen LogP contribution in [0, 0.1) is 10.1 Å². The average Bonchev–Trinajstić information content (AvgIpc) is 2.72. The van der Waals surface area contributed by atoms with Gasteiger partial charge in [-0.15, -0.1) is 10.2 Å². The van der Waals surface area contributed by atoms with Gasteiger partial charge in [0.25, 0.3) is 15.8 Å². The van der Waals surface area contributed by atoms with E-state index in [1.54, 1.807) is 24.3 Å². The van der Waals surface area contributed by atoms with E-state index >= 15 is 0 Å². The molecule has 0 saturated heterocycles. The van der Waals surface area contributed by atoms with Crippen LogP contribution in [0.25, 0.3) is 21.5 Å². The van der Waals surface area contributed by atoms with Crippen LogP contribution in [-0.2, 0) is 10.1 Å². The number of nitrogens with zero attached hydrogens (tertiary/aromatic N) is 3. The molecule has 0 heterocycles. The van der Waals surface area contributed by atoms with Crippen molar-refractivity contribution in [3.63, 3.8) is 0 Å². The quantitative estimate of drug-likeness (QED) is 0.198. The first-order valence-electron chi connectivity index (χ1n) is 8.57. The van der Waals surface area contributed by atoms with Gasteiger partial charge in [0.1, 0.15) is 10.6 Å². The first-order chi connectivity index (χ1) is 14.3. The molecule has 4 rings (SSSR count). The molecule has 0 aromatic heterocycles. The van der Waals surface area contributed by atoms with Crippen LogP contribution < -0.4 is 0 Å². The summed E-state index contributed by atoms with van der Waals surface area (Å²) in [5.74, 6) is -0.0636. The number of phenols is 1. The van der Waals surface area contributed by atoms with Crippen LogP contribution >= 0.6 is 0 Å². The molecular formula is C20H13N3O6S. The van der Waals surface area contributed by atoms with Gasteiger partial charge in [-0.2, -0.15) is 8.42 Å². The van der Waals surface area contributed by atoms with Crippen molar-refractivity contribution in [2.75, 3.05) is 0 Å². The highest BCUT2D eigenvalue weighted by molar-refractivity contribution is 7.86. The van der Waals surface area contributed by atoms with Crippen molar-refractivity contribution in [3.8, 4) is 5.75 Å². The van der Waals surface area contributed by atoms with Crippen molar-refractivity contribution in [1.29, 1.82) is 0 Å². The highest BCUT2D eigenvalue weighted by Crippen LogP contribution is 2.38. The van der Waals surface area contributed by atoms with Crippen LogP contribution in [0.4, 0.5) is 17.1 Å². The summed E-state index contributed by atoms with van der Waals surface area (Å²) in [7, 11) is -4.62. The maximum atomic E-state index is 11.7. The van der Waals surface area contributed by atoms with Gasteiger partial charge in [0.05, 0.1) is 10.6 Å². The molecule has 0 aliphatic carbocycles. The number of aromatic hydroxyl groups is 1. The third-order valence-corrected chi connectivity index (χ3v) is 5.48. The van der Waals surface area contributed by atoms with Gasteiger partial charge in [-0.3, -0.25) is 14.7 Å². The monoisotopic (exact) mass is 423 g/mol. The van der Waals surface area contributed by atoms with E-state index in [4.69, 9.17) is 0 Å². The number of fused-ring (bicyclic) bond motifs is 2. The molecule has 150 valence electrons. The first-order valence-corrected chi connectivity index (χ1v) is 10.0. The molecule has 30 heavy (non-hydrogen) atoms. The molecule has 0 aliphatic heterocycles. The van der Waals surface area contributed by atoms with Crippen molar-refractivity contribution in [1.82, 2.24) is 0 Å². The predicted molar refractivity (Wildman–Crippen MR) is 110 cm³/mol. The van der Waals surface area contributed by atoms with Gasteiger partial charge < -0.3 is 5.11 Å². The molecule has 4 aromatic carbocycles. The highest BCUT2D eigenvalue weighted by atomic mass is 32.2. The minimum Gasteiger partial charge on any atom is -0.505 e. The third kappa shape index (κ3) is 3.45. The Kier molecular flexibility index (Phi) is 4.65. The summed E-state index contributed by atoms with van der Waals surface area (Å²) in [4.78, 5) is 9.92. The van der Waals surface area contributed by atoms with E-state index in [1.165, 1.54) is 18.2 Å². The SMILES string of the molecule is O=[N+]([O-])c1ccc2c(N=Nc3ccc4ccccc4c3O)ccc(S(=O)(=O)O)c2c1. The lowest BCUT2D eigenvalue weighted by molar-refractivity contribution is -0.384. The van der Waals surface area contributed by atoms with Crippen LogP contribution in [-0.4, -0.2) is 23.0 Å². The minimum atomic E-state index is -4.62. The lowest BCUT2D eigenvalue weighted by Gasteiger charge is -2.07. The van der Waals surface area contributed by atoms with Crippen LogP contribution in [0.2, 0.25) is 0 Å². The zero-order chi connectivity index (χ0) is 21.5.